The number of piperazine rings is 1. The van der Waals surface area contributed by atoms with Crippen LogP contribution in [0.4, 0.5) is 47.7 Å². The number of hydrogen-bond donors (Lipinski definition) is 4. The molecule has 5 rings (SSSR count). The van der Waals surface area contributed by atoms with Gasteiger partial charge in [0, 0.05) is 75.0 Å². The molecule has 11 nitrogen and oxygen atoms in total. The Morgan fingerprint density at radius 1 is 1.06 bits per heavy atom. The predicted octanol–water partition coefficient (Wildman–Crippen LogP) is 5.91. The van der Waals surface area contributed by atoms with Crippen LogP contribution in [0.2, 0.25) is 0 Å². The Kier molecular flexibility index (Phi) is 11.3. The van der Waals surface area contributed by atoms with Crippen LogP contribution in [0.15, 0.2) is 59.2 Å². The average molecular weight is 752 g/mol. The van der Waals surface area contributed by atoms with Gasteiger partial charge in [-0.3, -0.25) is 9.69 Å². The normalized spacial score (nSPS) is 16.6. The number of nitrogens with one attached hydrogen (secondary N) is 4. The molecule has 0 atom stereocenters. The minimum Gasteiger partial charge on any atom is -0.494 e. The van der Waals surface area contributed by atoms with Crippen LogP contribution in [-0.2, 0) is 9.36 Å². The molecule has 0 aliphatic carbocycles. The minimum absolute atomic E-state index is 0.0953. The molecule has 2 fully saturated rings. The fourth-order valence-corrected chi connectivity index (χ4v) is 7.32. The van der Waals surface area contributed by atoms with Crippen molar-refractivity contribution in [3.63, 3.8) is 0 Å². The summed E-state index contributed by atoms with van der Waals surface area (Å²) in [5.41, 5.74) is 1.95. The summed E-state index contributed by atoms with van der Waals surface area (Å²) < 4.78 is 57.8. The Balaban J connectivity index is 1.43. The van der Waals surface area contributed by atoms with E-state index in [9.17, 15) is 22.5 Å². The van der Waals surface area contributed by atoms with E-state index in [1.54, 1.807) is 37.7 Å². The topological polar surface area (TPSA) is 124 Å². The summed E-state index contributed by atoms with van der Waals surface area (Å²) in [6.45, 7) is 8.67. The van der Waals surface area contributed by atoms with Crippen molar-refractivity contribution in [2.75, 3.05) is 80.6 Å². The van der Waals surface area contributed by atoms with E-state index in [2.05, 4.69) is 57.0 Å². The smallest absolute Gasteiger partial charge is 0.409 e. The maximum atomic E-state index is 12.9. The minimum atomic E-state index is -4.63. The lowest BCUT2D eigenvalue weighted by Crippen LogP contribution is -2.52. The first kappa shape index (κ1) is 35.7. The molecule has 0 radical (unpaired) electrons. The molecule has 48 heavy (non-hydrogen) atoms. The van der Waals surface area contributed by atoms with Gasteiger partial charge >= 0.3 is 6.18 Å². The summed E-state index contributed by atoms with van der Waals surface area (Å²) in [6, 6.07) is 11.1. The number of benzene rings is 2. The number of amides is 1. The molecule has 3 aromatic rings. The molecule has 3 heterocycles. The van der Waals surface area contributed by atoms with Gasteiger partial charge in [-0.15, -0.1) is 0 Å². The van der Waals surface area contributed by atoms with Crippen molar-refractivity contribution < 1.29 is 27.3 Å². The molecule has 258 valence electrons. The molecular weight excluding hydrogens is 712 g/mol. The number of allylic oxidation sites excluding steroid dienone is 1. The number of halogens is 4. The molecule has 2 aliphatic rings. The maximum Gasteiger partial charge on any atom is 0.409 e. The molecule has 4 N–H and O–H groups in total. The molecule has 1 amide bonds. The van der Waals surface area contributed by atoms with E-state index >= 15 is 0 Å². The summed E-state index contributed by atoms with van der Waals surface area (Å²) in [5.74, 6) is 0.0746. The number of piperidine rings is 1. The molecule has 2 aromatic carbocycles. The zero-order valence-corrected chi connectivity index (χ0v) is 29.4. The van der Waals surface area contributed by atoms with Crippen LogP contribution in [0.25, 0.3) is 0 Å². The third-order valence-electron chi connectivity index (χ3n) is 8.20. The molecule has 2 saturated heterocycles. The van der Waals surface area contributed by atoms with E-state index in [0.29, 0.717) is 69.3 Å². The highest BCUT2D eigenvalue weighted by molar-refractivity contribution is 9.10. The first-order valence-electron chi connectivity index (χ1n) is 15.5. The number of carbonyl (C=O) groups excluding carboxylic acids is 1. The fraction of sp³-hybridized carbons (Fsp3) is 0.406. The number of carbonyl (C=O) groups is 1. The third-order valence-corrected chi connectivity index (χ3v) is 10.3. The second kappa shape index (κ2) is 15.3. The van der Waals surface area contributed by atoms with Gasteiger partial charge in [0.05, 0.1) is 34.3 Å². The number of ether oxygens (including phenoxy) is 1. The van der Waals surface area contributed by atoms with Crippen molar-refractivity contribution in [2.45, 2.75) is 25.1 Å². The van der Waals surface area contributed by atoms with Crippen LogP contribution in [0.3, 0.4) is 0 Å². The molecule has 16 heteroatoms. The number of para-hydroxylation sites is 1. The lowest BCUT2D eigenvalue weighted by atomic mass is 10.0. The maximum absolute atomic E-state index is 12.9. The summed E-state index contributed by atoms with van der Waals surface area (Å²) in [7, 11) is -1.10. The highest BCUT2D eigenvalue weighted by atomic mass is 79.9. The van der Waals surface area contributed by atoms with Gasteiger partial charge in [-0.25, -0.2) is 4.98 Å². The molecular formula is C32H39BrF3N8O3P. The summed E-state index contributed by atoms with van der Waals surface area (Å²) in [5, 5.41) is 13.0. The van der Waals surface area contributed by atoms with Gasteiger partial charge in [0.2, 0.25) is 11.9 Å². The summed E-state index contributed by atoms with van der Waals surface area (Å²) in [6.07, 6.45) is -0.902. The molecule has 1 aromatic heterocycles. The zero-order chi connectivity index (χ0) is 34.5. The van der Waals surface area contributed by atoms with E-state index in [0.717, 1.165) is 39.0 Å². The number of hydrogen-bond acceptors (Lipinski definition) is 10. The average Bonchev–Trinajstić information content (AvgIpc) is 3.05. The lowest BCUT2D eigenvalue weighted by molar-refractivity contribution is -0.112. The van der Waals surface area contributed by atoms with Crippen molar-refractivity contribution in [3.05, 3.63) is 59.2 Å². The second-order valence-corrected chi connectivity index (χ2v) is 16.0. The predicted molar refractivity (Wildman–Crippen MR) is 188 cm³/mol. The third kappa shape index (κ3) is 9.28. The molecule has 0 bridgehead atoms. The fourth-order valence-electron chi connectivity index (χ4n) is 5.87. The quantitative estimate of drug-likeness (QED) is 0.147. The Bertz CT molecular complexity index is 1690. The van der Waals surface area contributed by atoms with Crippen molar-refractivity contribution in [3.8, 4) is 5.75 Å². The van der Waals surface area contributed by atoms with E-state index in [1.807, 2.05) is 18.2 Å². The second-order valence-electron chi connectivity index (χ2n) is 11.9. The van der Waals surface area contributed by atoms with Gasteiger partial charge in [0.15, 0.2) is 0 Å². The Morgan fingerprint density at radius 2 is 1.77 bits per heavy atom. The SMILES string of the molecule is COc1cc(N2CCC(N3CCNCC3)CC2)c(NC(=O)/C=C/C(F)(F)F)cc1Nc1ncc(Br)c(Nc2ccccc2P(C)(C)=O)n1. The van der Waals surface area contributed by atoms with Crippen LogP contribution in [0, 0.1) is 0 Å². The Labute approximate surface area is 286 Å². The Morgan fingerprint density at radius 3 is 2.44 bits per heavy atom. The highest BCUT2D eigenvalue weighted by Gasteiger charge is 2.28. The van der Waals surface area contributed by atoms with Crippen LogP contribution in [0.1, 0.15) is 12.8 Å². The first-order valence-corrected chi connectivity index (χ1v) is 18.9. The number of methoxy groups -OCH3 is 1. The van der Waals surface area contributed by atoms with Gasteiger partial charge in [0.25, 0.3) is 0 Å². The van der Waals surface area contributed by atoms with Gasteiger partial charge in [-0.1, -0.05) is 12.1 Å². The zero-order valence-electron chi connectivity index (χ0n) is 26.9. The van der Waals surface area contributed by atoms with Crippen LogP contribution in [-0.4, -0.2) is 92.7 Å². The van der Waals surface area contributed by atoms with Gasteiger partial charge in [-0.2, -0.15) is 18.2 Å². The number of anilines is 6. The summed E-state index contributed by atoms with van der Waals surface area (Å²) in [4.78, 5) is 26.3. The van der Waals surface area contributed by atoms with E-state index in [4.69, 9.17) is 4.74 Å². The highest BCUT2D eigenvalue weighted by Crippen LogP contribution is 2.41. The molecule has 0 unspecified atom stereocenters. The van der Waals surface area contributed by atoms with Crippen molar-refractivity contribution in [2.24, 2.45) is 0 Å². The summed E-state index contributed by atoms with van der Waals surface area (Å²) >= 11 is 3.47. The van der Waals surface area contributed by atoms with Crippen LogP contribution >= 0.6 is 23.1 Å². The Hall–Kier alpha value is -3.65. The largest absolute Gasteiger partial charge is 0.494 e. The van der Waals surface area contributed by atoms with E-state index in [1.165, 1.54) is 7.11 Å². The molecule has 0 spiro atoms. The number of rotatable bonds is 10. The van der Waals surface area contributed by atoms with Gasteiger partial charge in [0.1, 0.15) is 18.7 Å². The van der Waals surface area contributed by atoms with E-state index < -0.39 is 19.2 Å². The number of alkyl halides is 3. The van der Waals surface area contributed by atoms with Gasteiger partial charge < -0.3 is 35.5 Å². The molecule has 2 aliphatic heterocycles. The monoisotopic (exact) mass is 750 g/mol. The number of aromatic nitrogens is 2. The lowest BCUT2D eigenvalue weighted by Gasteiger charge is -2.41. The van der Waals surface area contributed by atoms with Crippen molar-refractivity contribution in [1.82, 2.24) is 20.2 Å². The number of nitrogens with zero attached hydrogens (tertiary/aromatic N) is 4. The standard InChI is InChI=1S/C32H39BrF3N8O3P/c1-47-27-19-26(44-14-9-21(10-15-44)43-16-12-37-13-17-43)24(39-29(45)8-11-32(34,35)36)18-25(27)41-31-38-20-22(33)30(42-31)40-23-6-4-5-7-28(23)48(2,3)46/h4-8,11,18-21,37H,9-10,12-17H2,1-3H3,(H,39,45)(H2,38,40,41,42)/b11-8+. The first-order chi connectivity index (χ1) is 22.8. The van der Waals surface area contributed by atoms with Crippen LogP contribution < -0.4 is 36.2 Å². The van der Waals surface area contributed by atoms with E-state index in [-0.39, 0.29) is 12.0 Å². The van der Waals surface area contributed by atoms with Crippen molar-refractivity contribution >= 4 is 68.8 Å². The van der Waals surface area contributed by atoms with Crippen molar-refractivity contribution in [1.29, 1.82) is 0 Å². The van der Waals surface area contributed by atoms with Gasteiger partial charge in [-0.05, 0) is 60.3 Å². The van der Waals surface area contributed by atoms with Crippen LogP contribution in [0.5, 0.6) is 5.75 Å². The molecule has 0 saturated carbocycles.